The average molecular weight is 567 g/mol. The molecule has 2 unspecified atom stereocenters. The Balaban J connectivity index is 4.21. The van der Waals surface area contributed by atoms with Crippen LogP contribution in [0.25, 0.3) is 0 Å². The van der Waals surface area contributed by atoms with Crippen LogP contribution >= 0.6 is 41.2 Å². The Bertz CT molecular complexity index is 348. The minimum Gasteiger partial charge on any atom is -0.424 e. The van der Waals surface area contributed by atoms with Crippen LogP contribution in [0.3, 0.4) is 0 Å². The van der Waals surface area contributed by atoms with Gasteiger partial charge < -0.3 is 27.8 Å². The third-order valence-electron chi connectivity index (χ3n) is 4.43. The van der Waals surface area contributed by atoms with Gasteiger partial charge in [0.2, 0.25) is 0 Å². The van der Waals surface area contributed by atoms with Crippen LogP contribution in [-0.2, 0) is 27.8 Å². The van der Waals surface area contributed by atoms with Crippen molar-refractivity contribution in [2.75, 3.05) is 51.1 Å². The minimum absolute atomic E-state index is 0.120. The summed E-state index contributed by atoms with van der Waals surface area (Å²) in [7, 11) is 6.23. The van der Waals surface area contributed by atoms with Crippen molar-refractivity contribution in [3.63, 3.8) is 0 Å². The normalized spacial score (nSPS) is 14.6. The van der Waals surface area contributed by atoms with Gasteiger partial charge in [-0.1, -0.05) is 21.6 Å². The second-order valence-corrected chi connectivity index (χ2v) is 16.6. The quantitative estimate of drug-likeness (QED) is 0.0648. The van der Waals surface area contributed by atoms with Gasteiger partial charge in [0.15, 0.2) is 32.1 Å². The summed E-state index contributed by atoms with van der Waals surface area (Å²) in [5.74, 6) is 2.16. The monoisotopic (exact) mass is 566 g/mol. The molecule has 12 heteroatoms. The molecule has 0 heterocycles. The molecule has 0 rings (SSSR count). The van der Waals surface area contributed by atoms with Gasteiger partial charge in [-0.25, -0.2) is 0 Å². The summed E-state index contributed by atoms with van der Waals surface area (Å²) in [6.45, 7) is 16.5. The van der Waals surface area contributed by atoms with Crippen LogP contribution in [0.5, 0.6) is 0 Å². The van der Waals surface area contributed by atoms with Crippen molar-refractivity contribution >= 4 is 60.8 Å². The molecule has 2 atom stereocenters. The van der Waals surface area contributed by atoms with Crippen LogP contribution in [0.15, 0.2) is 0 Å². The van der Waals surface area contributed by atoms with E-state index in [1.807, 2.05) is 68.9 Å². The maximum Gasteiger partial charge on any atom is 0.169 e. The Morgan fingerprint density at radius 3 is 1.16 bits per heavy atom. The van der Waals surface area contributed by atoms with E-state index in [0.29, 0.717) is 37.5 Å². The summed E-state index contributed by atoms with van der Waals surface area (Å²) in [6.07, 6.45) is 1.91. The standard InChI is InChI=1S/C20H46O6S4Si2/c1-7-21-19(22-8-2)17(31-25-11-5)13-15-27-29-30-28-16-14-18(32-26-12-6)20(23-9-3)24-10-4/h17-20H,7-16,31-32H2,1-6H3. The van der Waals surface area contributed by atoms with Crippen molar-refractivity contribution in [3.8, 4) is 0 Å². The number of hydrogen-bond donors (Lipinski definition) is 0. The lowest BCUT2D eigenvalue weighted by atomic mass is 10.3. The molecule has 0 aliphatic rings. The predicted octanol–water partition coefficient (Wildman–Crippen LogP) is 5.06. The zero-order valence-corrected chi connectivity index (χ0v) is 27.0. The van der Waals surface area contributed by atoms with Crippen LogP contribution in [-0.4, -0.2) is 83.3 Å². The van der Waals surface area contributed by atoms with E-state index in [4.69, 9.17) is 27.8 Å². The average Bonchev–Trinajstić information content (AvgIpc) is 2.79. The van der Waals surface area contributed by atoms with Crippen molar-refractivity contribution in [2.45, 2.75) is 78.0 Å². The van der Waals surface area contributed by atoms with Crippen molar-refractivity contribution in [3.05, 3.63) is 0 Å². The van der Waals surface area contributed by atoms with E-state index in [-0.39, 0.29) is 12.6 Å². The van der Waals surface area contributed by atoms with E-state index < -0.39 is 19.5 Å². The van der Waals surface area contributed by atoms with Crippen LogP contribution in [0.4, 0.5) is 0 Å². The molecule has 0 spiro atoms. The zero-order valence-electron chi connectivity index (χ0n) is 20.9. The lowest BCUT2D eigenvalue weighted by Gasteiger charge is -2.26. The molecule has 0 radical (unpaired) electrons. The fourth-order valence-electron chi connectivity index (χ4n) is 2.94. The van der Waals surface area contributed by atoms with Gasteiger partial charge in [0.25, 0.3) is 0 Å². The summed E-state index contributed by atoms with van der Waals surface area (Å²) in [5.41, 5.74) is 0.804. The molecule has 0 saturated heterocycles. The first-order valence-electron chi connectivity index (χ1n) is 11.9. The molecule has 0 N–H and O–H groups in total. The summed E-state index contributed by atoms with van der Waals surface area (Å²) >= 11 is 0. The molecule has 32 heavy (non-hydrogen) atoms. The minimum atomic E-state index is -0.660. The van der Waals surface area contributed by atoms with Crippen molar-refractivity contribution in [2.24, 2.45) is 0 Å². The Kier molecular flexibility index (Phi) is 27.0. The number of rotatable bonds is 25. The lowest BCUT2D eigenvalue weighted by Crippen LogP contribution is -2.29. The van der Waals surface area contributed by atoms with E-state index in [9.17, 15) is 0 Å². The lowest BCUT2D eigenvalue weighted by molar-refractivity contribution is -0.140. The van der Waals surface area contributed by atoms with Gasteiger partial charge in [0.05, 0.1) is 0 Å². The Morgan fingerprint density at radius 2 is 0.875 bits per heavy atom. The van der Waals surface area contributed by atoms with Gasteiger partial charge in [-0.05, 0) is 74.0 Å². The molecule has 194 valence electrons. The van der Waals surface area contributed by atoms with Crippen molar-refractivity contribution in [1.82, 2.24) is 0 Å². The molecule has 0 aromatic rings. The number of ether oxygens (including phenoxy) is 4. The summed E-state index contributed by atoms with van der Waals surface area (Å²) in [6, 6.07) is 0. The Hall–Kier alpha value is 1.59. The molecule has 0 aromatic carbocycles. The second-order valence-electron chi connectivity index (χ2n) is 6.75. The third kappa shape index (κ3) is 17.9. The van der Waals surface area contributed by atoms with Crippen LogP contribution in [0, 0.1) is 0 Å². The maximum absolute atomic E-state index is 5.84. The fourth-order valence-corrected chi connectivity index (χ4v) is 12.5. The highest BCUT2D eigenvalue weighted by atomic mass is 33.7. The zero-order chi connectivity index (χ0) is 23.9. The van der Waals surface area contributed by atoms with E-state index >= 15 is 0 Å². The molecule has 0 fully saturated rings. The topological polar surface area (TPSA) is 55.4 Å². The highest BCUT2D eigenvalue weighted by Gasteiger charge is 2.24. The predicted molar refractivity (Wildman–Crippen MR) is 151 cm³/mol. The molecule has 0 bridgehead atoms. The van der Waals surface area contributed by atoms with E-state index in [1.54, 1.807) is 0 Å². The van der Waals surface area contributed by atoms with E-state index in [0.717, 1.165) is 37.6 Å². The fraction of sp³-hybridized carbons (Fsp3) is 1.00. The molecular weight excluding hydrogens is 521 g/mol. The maximum atomic E-state index is 5.84. The van der Waals surface area contributed by atoms with Crippen molar-refractivity contribution in [1.29, 1.82) is 0 Å². The molecule has 0 aromatic heterocycles. The smallest absolute Gasteiger partial charge is 0.169 e. The van der Waals surface area contributed by atoms with Gasteiger partial charge in [-0.15, -0.1) is 0 Å². The Morgan fingerprint density at radius 1 is 0.531 bits per heavy atom. The molecular formula is C20H46O6S4Si2. The first-order valence-corrected chi connectivity index (χ1v) is 19.8. The van der Waals surface area contributed by atoms with Crippen LogP contribution in [0.2, 0.25) is 11.1 Å². The SMILES string of the molecule is CCO[SiH2]C(CCSSSSCCC([SiH2]OCC)C(OCC)OCC)C(OCC)OCC. The van der Waals surface area contributed by atoms with Crippen LogP contribution < -0.4 is 0 Å². The van der Waals surface area contributed by atoms with Crippen LogP contribution in [0.1, 0.15) is 54.4 Å². The third-order valence-corrected chi connectivity index (χ3v) is 14.7. The highest BCUT2D eigenvalue weighted by molar-refractivity contribution is 9.26. The highest BCUT2D eigenvalue weighted by Crippen LogP contribution is 2.44. The van der Waals surface area contributed by atoms with E-state index in [2.05, 4.69) is 13.8 Å². The van der Waals surface area contributed by atoms with E-state index in [1.165, 1.54) is 0 Å². The molecule has 0 aliphatic heterocycles. The molecule has 0 amide bonds. The van der Waals surface area contributed by atoms with Gasteiger partial charge in [-0.3, -0.25) is 0 Å². The summed E-state index contributed by atoms with van der Waals surface area (Å²) in [5, 5.41) is 0. The van der Waals surface area contributed by atoms with Gasteiger partial charge >= 0.3 is 0 Å². The van der Waals surface area contributed by atoms with Crippen molar-refractivity contribution < 1.29 is 27.8 Å². The number of hydrogen-bond acceptors (Lipinski definition) is 10. The second kappa shape index (κ2) is 25.7. The summed E-state index contributed by atoms with van der Waals surface area (Å²) in [4.78, 5) is 0. The van der Waals surface area contributed by atoms with Gasteiger partial charge in [0.1, 0.15) is 0 Å². The Labute approximate surface area is 216 Å². The largest absolute Gasteiger partial charge is 0.424 e. The first-order chi connectivity index (χ1) is 15.7. The summed E-state index contributed by atoms with van der Waals surface area (Å²) < 4.78 is 35.0. The van der Waals surface area contributed by atoms with Gasteiger partial charge in [-0.2, -0.15) is 0 Å². The first kappa shape index (κ1) is 33.6. The molecule has 0 saturated carbocycles. The van der Waals surface area contributed by atoms with Gasteiger partial charge in [0, 0.05) is 62.2 Å². The molecule has 6 nitrogen and oxygen atoms in total. The molecule has 0 aliphatic carbocycles.